The minimum absolute atomic E-state index is 0.0381. The van der Waals surface area contributed by atoms with Crippen LogP contribution in [0.1, 0.15) is 32.2 Å². The number of fused-ring (bicyclic) bond motifs is 1. The van der Waals surface area contributed by atoms with Crippen molar-refractivity contribution in [2.45, 2.75) is 32.4 Å². The van der Waals surface area contributed by atoms with Crippen molar-refractivity contribution in [2.24, 2.45) is 0 Å². The molecule has 1 aromatic heterocycles. The zero-order valence-electron chi connectivity index (χ0n) is 19.7. The third-order valence-corrected chi connectivity index (χ3v) is 6.09. The fraction of sp³-hybridized carbons (Fsp3) is 0.214. The fourth-order valence-corrected chi connectivity index (χ4v) is 4.25. The Bertz CT molecular complexity index is 1330. The molecule has 0 unspecified atom stereocenters. The van der Waals surface area contributed by atoms with Crippen LogP contribution in [-0.2, 0) is 11.6 Å². The molecule has 0 N–H and O–H groups in total. The summed E-state index contributed by atoms with van der Waals surface area (Å²) in [5, 5.41) is 0. The highest BCUT2D eigenvalue weighted by atomic mass is 19.4. The number of rotatable bonds is 3. The largest absolute Gasteiger partial charge is 0.451 e. The highest BCUT2D eigenvalue weighted by Gasteiger charge is 2.41. The topological polar surface area (TPSA) is 32.3 Å². The van der Waals surface area contributed by atoms with Gasteiger partial charge in [-0.2, -0.15) is 13.2 Å². The number of anilines is 4. The van der Waals surface area contributed by atoms with Crippen LogP contribution in [0.3, 0.4) is 0 Å². The number of hydrogen-bond acceptors (Lipinski definition) is 4. The zero-order chi connectivity index (χ0) is 24.8. The summed E-state index contributed by atoms with van der Waals surface area (Å²) in [7, 11) is 0. The Morgan fingerprint density at radius 1 is 0.686 bits per heavy atom. The van der Waals surface area contributed by atoms with Gasteiger partial charge in [0.05, 0.1) is 0 Å². The first-order valence-electron chi connectivity index (χ1n) is 11.4. The molecule has 35 heavy (non-hydrogen) atoms. The molecule has 178 valence electrons. The maximum Gasteiger partial charge on any atom is 0.451 e. The van der Waals surface area contributed by atoms with Gasteiger partial charge in [-0.05, 0) is 35.2 Å². The molecule has 0 aliphatic carbocycles. The predicted molar refractivity (Wildman–Crippen MR) is 133 cm³/mol. The normalized spacial score (nSPS) is 13.8. The van der Waals surface area contributed by atoms with E-state index in [4.69, 9.17) is 0 Å². The highest BCUT2D eigenvalue weighted by Crippen LogP contribution is 2.48. The molecule has 0 atom stereocenters. The van der Waals surface area contributed by atoms with Gasteiger partial charge in [-0.15, -0.1) is 0 Å². The Balaban J connectivity index is 1.74. The van der Waals surface area contributed by atoms with Gasteiger partial charge in [-0.3, -0.25) is 0 Å². The van der Waals surface area contributed by atoms with Crippen LogP contribution >= 0.6 is 0 Å². The second-order valence-electron chi connectivity index (χ2n) is 9.56. The molecular formula is C28H25F3N4. The predicted octanol–water partition coefficient (Wildman–Crippen LogP) is 7.71. The molecule has 5 rings (SSSR count). The Labute approximate surface area is 202 Å². The molecule has 0 saturated carbocycles. The minimum Gasteiger partial charge on any atom is -0.318 e. The van der Waals surface area contributed by atoms with E-state index in [9.17, 15) is 13.2 Å². The van der Waals surface area contributed by atoms with Crippen LogP contribution in [0.25, 0.3) is 11.3 Å². The summed E-state index contributed by atoms with van der Waals surface area (Å²) >= 11 is 0. The van der Waals surface area contributed by atoms with E-state index < -0.39 is 12.0 Å². The summed E-state index contributed by atoms with van der Waals surface area (Å²) in [5.74, 6) is -0.917. The maximum absolute atomic E-state index is 13.9. The molecule has 3 aromatic carbocycles. The molecule has 4 nitrogen and oxygen atoms in total. The smallest absolute Gasteiger partial charge is 0.318 e. The molecule has 0 amide bonds. The quantitative estimate of drug-likeness (QED) is 0.304. The summed E-state index contributed by atoms with van der Waals surface area (Å²) < 4.78 is 41.8. The Morgan fingerprint density at radius 3 is 1.83 bits per heavy atom. The summed E-state index contributed by atoms with van der Waals surface area (Å²) in [4.78, 5) is 11.9. The standard InChI is InChI=1S/C28H25F3N4/c1-27(2,3)20-14-16-22(17-15-20)35-18-34(21-12-8-5-9-13-21)24-23(19-10-6-4-7-11-19)32-26(28(29,30)31)33-25(24)35/h4-17H,18H2,1-3H3. The lowest BCUT2D eigenvalue weighted by molar-refractivity contribution is -0.144. The SMILES string of the molecule is CC(C)(C)c1ccc(N2CN(c3ccccc3)c3c(-c4ccccc4)nc(C(F)(F)F)nc32)cc1. The van der Waals surface area contributed by atoms with Crippen molar-refractivity contribution in [3.63, 3.8) is 0 Å². The number of halogens is 3. The van der Waals surface area contributed by atoms with Crippen molar-refractivity contribution in [3.05, 3.63) is 96.3 Å². The molecule has 0 radical (unpaired) electrons. The van der Waals surface area contributed by atoms with E-state index in [0.29, 0.717) is 17.9 Å². The van der Waals surface area contributed by atoms with Crippen molar-refractivity contribution in [1.29, 1.82) is 0 Å². The Hall–Kier alpha value is -3.87. The van der Waals surface area contributed by atoms with Crippen molar-refractivity contribution in [3.8, 4) is 11.3 Å². The second kappa shape index (κ2) is 8.41. The lowest BCUT2D eigenvalue weighted by Crippen LogP contribution is -2.24. The van der Waals surface area contributed by atoms with E-state index in [0.717, 1.165) is 16.9 Å². The number of aromatic nitrogens is 2. The van der Waals surface area contributed by atoms with Gasteiger partial charge in [0.25, 0.3) is 0 Å². The summed E-state index contributed by atoms with van der Waals surface area (Å²) in [5.41, 5.74) is 4.12. The summed E-state index contributed by atoms with van der Waals surface area (Å²) in [6.45, 7) is 6.68. The Morgan fingerprint density at radius 2 is 1.26 bits per heavy atom. The monoisotopic (exact) mass is 474 g/mol. The molecule has 2 heterocycles. The molecule has 0 spiro atoms. The summed E-state index contributed by atoms with van der Waals surface area (Å²) in [6.07, 6.45) is -4.68. The molecule has 0 bridgehead atoms. The van der Waals surface area contributed by atoms with E-state index in [-0.39, 0.29) is 16.9 Å². The van der Waals surface area contributed by atoms with Crippen LogP contribution < -0.4 is 9.80 Å². The van der Waals surface area contributed by atoms with Crippen molar-refractivity contribution in [1.82, 2.24) is 9.97 Å². The van der Waals surface area contributed by atoms with Gasteiger partial charge >= 0.3 is 6.18 Å². The van der Waals surface area contributed by atoms with E-state index in [1.807, 2.05) is 70.5 Å². The van der Waals surface area contributed by atoms with Crippen LogP contribution in [-0.4, -0.2) is 16.6 Å². The molecule has 4 aromatic rings. The van der Waals surface area contributed by atoms with Gasteiger partial charge in [-0.1, -0.05) is 81.4 Å². The molecule has 7 heteroatoms. The van der Waals surface area contributed by atoms with E-state index >= 15 is 0 Å². The lowest BCUT2D eigenvalue weighted by atomic mass is 9.87. The molecule has 1 aliphatic heterocycles. The molecule has 1 aliphatic rings. The van der Waals surface area contributed by atoms with Gasteiger partial charge in [0.2, 0.25) is 5.82 Å². The lowest BCUT2D eigenvalue weighted by Gasteiger charge is -2.23. The van der Waals surface area contributed by atoms with E-state index in [2.05, 4.69) is 30.7 Å². The van der Waals surface area contributed by atoms with Crippen LogP contribution in [0.2, 0.25) is 0 Å². The van der Waals surface area contributed by atoms with Crippen LogP contribution in [0, 0.1) is 0 Å². The summed E-state index contributed by atoms with van der Waals surface area (Å²) in [6, 6.07) is 26.5. The third-order valence-electron chi connectivity index (χ3n) is 6.09. The van der Waals surface area contributed by atoms with E-state index in [1.54, 1.807) is 24.3 Å². The molecule has 0 fully saturated rings. The maximum atomic E-state index is 13.9. The third kappa shape index (κ3) is 4.34. The zero-order valence-corrected chi connectivity index (χ0v) is 19.7. The van der Waals surface area contributed by atoms with Gasteiger partial charge in [0.15, 0.2) is 5.82 Å². The van der Waals surface area contributed by atoms with Crippen molar-refractivity contribution in [2.75, 3.05) is 16.5 Å². The first-order valence-corrected chi connectivity index (χ1v) is 11.4. The average molecular weight is 475 g/mol. The fourth-order valence-electron chi connectivity index (χ4n) is 4.25. The highest BCUT2D eigenvalue weighted by molar-refractivity contribution is 5.93. The molecule has 0 saturated heterocycles. The molecular weight excluding hydrogens is 449 g/mol. The first-order chi connectivity index (χ1) is 16.6. The van der Waals surface area contributed by atoms with Gasteiger partial charge < -0.3 is 9.80 Å². The minimum atomic E-state index is -4.68. The van der Waals surface area contributed by atoms with Crippen LogP contribution in [0.15, 0.2) is 84.9 Å². The number of para-hydroxylation sites is 1. The average Bonchev–Trinajstić information content (AvgIpc) is 3.23. The number of nitrogens with zero attached hydrogens (tertiary/aromatic N) is 4. The van der Waals surface area contributed by atoms with Gasteiger partial charge in [-0.25, -0.2) is 9.97 Å². The second-order valence-corrected chi connectivity index (χ2v) is 9.56. The first kappa shape index (κ1) is 22.9. The Kier molecular flexibility index (Phi) is 5.50. The van der Waals surface area contributed by atoms with Crippen molar-refractivity contribution >= 4 is 22.9 Å². The van der Waals surface area contributed by atoms with E-state index in [1.165, 1.54) is 0 Å². The van der Waals surface area contributed by atoms with Crippen molar-refractivity contribution < 1.29 is 13.2 Å². The number of hydrogen-bond donors (Lipinski definition) is 0. The van der Waals surface area contributed by atoms with Gasteiger partial charge in [0, 0.05) is 16.9 Å². The number of alkyl halides is 3. The van der Waals surface area contributed by atoms with Crippen LogP contribution in [0.5, 0.6) is 0 Å². The van der Waals surface area contributed by atoms with Gasteiger partial charge in [0.1, 0.15) is 18.1 Å². The van der Waals surface area contributed by atoms with Crippen LogP contribution in [0.4, 0.5) is 36.1 Å². The number of benzene rings is 3.